The van der Waals surface area contributed by atoms with Gasteiger partial charge in [-0.25, -0.2) is 9.78 Å². The molecule has 0 unspecified atom stereocenters. The molecule has 2 aromatic rings. The minimum atomic E-state index is -5.08. The Labute approximate surface area is 164 Å². The summed E-state index contributed by atoms with van der Waals surface area (Å²) in [5.41, 5.74) is 8.20. The van der Waals surface area contributed by atoms with Crippen LogP contribution in [0.3, 0.4) is 0 Å². The van der Waals surface area contributed by atoms with E-state index in [2.05, 4.69) is 31.1 Å². The van der Waals surface area contributed by atoms with E-state index < -0.39 is 12.1 Å². The average molecular weight is 418 g/mol. The number of halogens is 4. The number of hydrogen-bond acceptors (Lipinski definition) is 4. The Morgan fingerprint density at radius 3 is 2.21 bits per heavy atom. The van der Waals surface area contributed by atoms with E-state index in [1.807, 2.05) is 18.2 Å². The lowest BCUT2D eigenvalue weighted by Gasteiger charge is -2.19. The monoisotopic (exact) mass is 417 g/mol. The van der Waals surface area contributed by atoms with Crippen LogP contribution in [-0.2, 0) is 10.2 Å². The fourth-order valence-corrected chi connectivity index (χ4v) is 1.97. The largest absolute Gasteiger partial charge is 0.490 e. The van der Waals surface area contributed by atoms with Gasteiger partial charge in [-0.1, -0.05) is 44.5 Å². The van der Waals surface area contributed by atoms with Gasteiger partial charge in [0.2, 0.25) is 0 Å². The van der Waals surface area contributed by atoms with Crippen molar-refractivity contribution in [3.8, 4) is 0 Å². The van der Waals surface area contributed by atoms with Crippen molar-refractivity contribution in [2.45, 2.75) is 32.4 Å². The van der Waals surface area contributed by atoms with E-state index in [0.29, 0.717) is 16.9 Å². The number of carboxylic acid groups (broad SMARTS) is 1. The van der Waals surface area contributed by atoms with Gasteiger partial charge in [-0.05, 0) is 29.2 Å². The van der Waals surface area contributed by atoms with Crippen molar-refractivity contribution in [3.05, 3.63) is 52.8 Å². The Balaban J connectivity index is 0.000000480. The third-order valence-electron chi connectivity index (χ3n) is 3.36. The average Bonchev–Trinajstić information content (AvgIpc) is 2.57. The number of anilines is 2. The van der Waals surface area contributed by atoms with Gasteiger partial charge in [-0.2, -0.15) is 13.2 Å². The van der Waals surface area contributed by atoms with E-state index in [-0.39, 0.29) is 16.5 Å². The molecule has 0 fully saturated rings. The number of pyridine rings is 1. The van der Waals surface area contributed by atoms with Crippen LogP contribution < -0.4 is 11.1 Å². The molecule has 6 nitrogen and oxygen atoms in total. The Morgan fingerprint density at radius 2 is 1.75 bits per heavy atom. The number of aromatic nitrogens is 1. The van der Waals surface area contributed by atoms with Crippen LogP contribution in [0, 0.1) is 0 Å². The number of rotatable bonds is 2. The van der Waals surface area contributed by atoms with Crippen LogP contribution >= 0.6 is 11.6 Å². The van der Waals surface area contributed by atoms with Gasteiger partial charge in [-0.15, -0.1) is 0 Å². The van der Waals surface area contributed by atoms with Crippen LogP contribution in [0.15, 0.2) is 36.5 Å². The van der Waals surface area contributed by atoms with E-state index in [0.717, 1.165) is 5.56 Å². The van der Waals surface area contributed by atoms with Gasteiger partial charge in [-0.3, -0.25) is 4.79 Å². The highest BCUT2D eigenvalue weighted by Crippen LogP contribution is 2.24. The number of nitrogen functional groups attached to an aromatic ring is 1. The molecule has 0 saturated carbocycles. The fraction of sp³-hybridized carbons (Fsp3) is 0.278. The predicted octanol–water partition coefficient (Wildman–Crippen LogP) is 4.50. The molecule has 1 aromatic carbocycles. The summed E-state index contributed by atoms with van der Waals surface area (Å²) in [4.78, 5) is 25.1. The maximum atomic E-state index is 12.3. The second-order valence-electron chi connectivity index (χ2n) is 6.69. The molecule has 1 heterocycles. The number of nitrogens with zero attached hydrogens (tertiary/aromatic N) is 1. The van der Waals surface area contributed by atoms with Crippen molar-refractivity contribution in [2.75, 3.05) is 11.1 Å². The van der Waals surface area contributed by atoms with E-state index in [1.54, 1.807) is 12.1 Å². The number of carbonyl (C=O) groups is 2. The predicted molar refractivity (Wildman–Crippen MR) is 100 cm³/mol. The molecule has 10 heteroatoms. The van der Waals surface area contributed by atoms with Crippen LogP contribution in [-0.4, -0.2) is 28.1 Å². The molecule has 0 aliphatic carbocycles. The van der Waals surface area contributed by atoms with E-state index in [1.165, 1.54) is 6.20 Å². The molecule has 0 aliphatic heterocycles. The lowest BCUT2D eigenvalue weighted by Crippen LogP contribution is -2.21. The number of alkyl halides is 3. The summed E-state index contributed by atoms with van der Waals surface area (Å²) < 4.78 is 31.7. The molecule has 28 heavy (non-hydrogen) atoms. The Morgan fingerprint density at radius 1 is 1.18 bits per heavy atom. The van der Waals surface area contributed by atoms with Gasteiger partial charge in [0, 0.05) is 5.56 Å². The Bertz CT molecular complexity index is 865. The first-order valence-corrected chi connectivity index (χ1v) is 8.22. The molecule has 0 radical (unpaired) electrons. The van der Waals surface area contributed by atoms with Gasteiger partial charge in [0.25, 0.3) is 5.91 Å². The lowest BCUT2D eigenvalue weighted by molar-refractivity contribution is -0.192. The standard InChI is InChI=1S/C16H18ClN3O.C2HF3O2/c1-16(2,3)11-6-4-5-10(7-11)15(21)20-12-8-13(18)14(17)19-9-12;3-2(4,5)1(6)7/h4-9H,18H2,1-3H3,(H,20,21);(H,6,7). The molecule has 0 bridgehead atoms. The molecule has 1 aromatic heterocycles. The number of carbonyl (C=O) groups excluding carboxylic acids is 1. The van der Waals surface area contributed by atoms with Gasteiger partial charge in [0.15, 0.2) is 5.15 Å². The molecule has 0 aliphatic rings. The van der Waals surface area contributed by atoms with Gasteiger partial charge < -0.3 is 16.2 Å². The van der Waals surface area contributed by atoms with Gasteiger partial charge in [0.05, 0.1) is 17.6 Å². The first kappa shape index (κ1) is 23.2. The van der Waals surface area contributed by atoms with Gasteiger partial charge >= 0.3 is 12.1 Å². The summed E-state index contributed by atoms with van der Waals surface area (Å²) in [6.07, 6.45) is -3.61. The van der Waals surface area contributed by atoms with E-state index >= 15 is 0 Å². The van der Waals surface area contributed by atoms with Crippen molar-refractivity contribution in [1.29, 1.82) is 0 Å². The summed E-state index contributed by atoms with van der Waals surface area (Å²) in [6.45, 7) is 6.31. The van der Waals surface area contributed by atoms with Crippen molar-refractivity contribution in [2.24, 2.45) is 0 Å². The third kappa shape index (κ3) is 7.07. The first-order valence-electron chi connectivity index (χ1n) is 7.85. The normalized spacial score (nSPS) is 11.2. The van der Waals surface area contributed by atoms with Crippen LogP contribution in [0.5, 0.6) is 0 Å². The zero-order valence-corrected chi connectivity index (χ0v) is 16.0. The highest BCUT2D eigenvalue weighted by molar-refractivity contribution is 6.31. The number of aliphatic carboxylic acids is 1. The molecule has 2 rings (SSSR count). The van der Waals surface area contributed by atoms with Crippen molar-refractivity contribution < 1.29 is 27.9 Å². The van der Waals surface area contributed by atoms with Crippen molar-refractivity contribution in [3.63, 3.8) is 0 Å². The molecule has 0 atom stereocenters. The quantitative estimate of drug-likeness (QED) is 0.624. The number of benzene rings is 1. The molecule has 152 valence electrons. The summed E-state index contributed by atoms with van der Waals surface area (Å²) in [7, 11) is 0. The zero-order chi connectivity index (χ0) is 21.7. The number of nitrogens with two attached hydrogens (primary N) is 1. The van der Waals surface area contributed by atoms with Gasteiger partial charge in [0.1, 0.15) is 0 Å². The number of hydrogen-bond donors (Lipinski definition) is 3. The highest BCUT2D eigenvalue weighted by atomic mass is 35.5. The Kier molecular flexibility index (Phi) is 7.40. The molecule has 0 spiro atoms. The summed E-state index contributed by atoms with van der Waals surface area (Å²) in [5, 5.41) is 10.1. The first-order chi connectivity index (χ1) is 12.7. The minimum absolute atomic E-state index is 0.0114. The van der Waals surface area contributed by atoms with Crippen LogP contribution in [0.1, 0.15) is 36.7 Å². The molecular formula is C18H19ClF3N3O3. The molecule has 1 amide bonds. The lowest BCUT2D eigenvalue weighted by atomic mass is 9.86. The fourth-order valence-electron chi connectivity index (χ4n) is 1.86. The van der Waals surface area contributed by atoms with Crippen LogP contribution in [0.4, 0.5) is 24.5 Å². The highest BCUT2D eigenvalue weighted by Gasteiger charge is 2.38. The second kappa shape index (κ2) is 8.92. The molecule has 0 saturated heterocycles. The number of nitrogens with one attached hydrogen (secondary N) is 1. The SMILES string of the molecule is CC(C)(C)c1cccc(C(=O)Nc2cnc(Cl)c(N)c2)c1.O=C(O)C(F)(F)F. The summed E-state index contributed by atoms with van der Waals surface area (Å²) >= 11 is 5.76. The molecule has 4 N–H and O–H groups in total. The minimum Gasteiger partial charge on any atom is -0.475 e. The zero-order valence-electron chi connectivity index (χ0n) is 15.3. The van der Waals surface area contributed by atoms with Crippen molar-refractivity contribution in [1.82, 2.24) is 4.98 Å². The van der Waals surface area contributed by atoms with E-state index in [4.69, 9.17) is 27.2 Å². The van der Waals surface area contributed by atoms with Crippen LogP contribution in [0.25, 0.3) is 0 Å². The number of amides is 1. The smallest absolute Gasteiger partial charge is 0.475 e. The van der Waals surface area contributed by atoms with E-state index in [9.17, 15) is 18.0 Å². The number of carboxylic acids is 1. The third-order valence-corrected chi connectivity index (χ3v) is 3.67. The Hall–Kier alpha value is -2.81. The maximum Gasteiger partial charge on any atom is 0.490 e. The maximum absolute atomic E-state index is 12.3. The van der Waals surface area contributed by atoms with Crippen LogP contribution in [0.2, 0.25) is 5.15 Å². The summed E-state index contributed by atoms with van der Waals surface area (Å²) in [6, 6.07) is 9.14. The summed E-state index contributed by atoms with van der Waals surface area (Å²) in [5.74, 6) is -2.96. The van der Waals surface area contributed by atoms with Crippen molar-refractivity contribution >= 4 is 34.9 Å². The molecular weight excluding hydrogens is 399 g/mol. The second-order valence-corrected chi connectivity index (χ2v) is 7.05. The topological polar surface area (TPSA) is 105 Å².